The van der Waals surface area contributed by atoms with Gasteiger partial charge in [0.25, 0.3) is 5.91 Å². The number of anilines is 1. The van der Waals surface area contributed by atoms with E-state index in [4.69, 9.17) is 9.47 Å². The van der Waals surface area contributed by atoms with E-state index in [0.29, 0.717) is 11.4 Å². The van der Waals surface area contributed by atoms with Crippen molar-refractivity contribution >= 4 is 21.6 Å². The molecule has 2 aromatic carbocycles. The molecule has 0 fully saturated rings. The first-order valence-electron chi connectivity index (χ1n) is 8.97. The Morgan fingerprint density at radius 1 is 1.25 bits per heavy atom. The summed E-state index contributed by atoms with van der Waals surface area (Å²) in [5.74, 6) is 0.698. The molecule has 2 aromatic rings. The van der Waals surface area contributed by atoms with Crippen molar-refractivity contribution < 1.29 is 22.7 Å². The molecule has 0 aromatic heterocycles. The molecule has 150 valence electrons. The third kappa shape index (κ3) is 4.75. The minimum absolute atomic E-state index is 0.0762. The lowest BCUT2D eigenvalue weighted by molar-refractivity contribution is -0.128. The van der Waals surface area contributed by atoms with Crippen molar-refractivity contribution in [2.45, 2.75) is 26.0 Å². The minimum Gasteiger partial charge on any atom is -0.491 e. The van der Waals surface area contributed by atoms with Crippen LogP contribution in [0.15, 0.2) is 48.5 Å². The highest BCUT2D eigenvalue weighted by molar-refractivity contribution is 7.92. The Kier molecular flexibility index (Phi) is 5.79. The highest BCUT2D eigenvalue weighted by atomic mass is 32.2. The van der Waals surface area contributed by atoms with E-state index in [2.05, 4.69) is 5.32 Å². The second-order valence-electron chi connectivity index (χ2n) is 6.90. The van der Waals surface area contributed by atoms with Gasteiger partial charge in [0, 0.05) is 0 Å². The number of sulfonamides is 1. The molecule has 3 rings (SSSR count). The monoisotopic (exact) mass is 404 g/mol. The van der Waals surface area contributed by atoms with E-state index in [1.54, 1.807) is 24.3 Å². The average molecular weight is 404 g/mol. The van der Waals surface area contributed by atoms with Crippen LogP contribution < -0.4 is 19.1 Å². The zero-order valence-corrected chi connectivity index (χ0v) is 16.9. The molecule has 1 aliphatic rings. The number of para-hydroxylation sites is 2. The van der Waals surface area contributed by atoms with Crippen molar-refractivity contribution in [3.63, 3.8) is 0 Å². The van der Waals surface area contributed by atoms with Gasteiger partial charge >= 0.3 is 0 Å². The zero-order chi connectivity index (χ0) is 20.3. The first-order valence-corrected chi connectivity index (χ1v) is 10.8. The van der Waals surface area contributed by atoms with Gasteiger partial charge in [-0.3, -0.25) is 9.10 Å². The zero-order valence-electron chi connectivity index (χ0n) is 16.1. The number of hydrogen-bond acceptors (Lipinski definition) is 5. The number of rotatable bonds is 6. The smallest absolute Gasteiger partial charge is 0.263 e. The summed E-state index contributed by atoms with van der Waals surface area (Å²) in [6.07, 6.45) is 0.175. The Morgan fingerprint density at radius 2 is 1.93 bits per heavy atom. The second kappa shape index (κ2) is 8.10. The van der Waals surface area contributed by atoms with Gasteiger partial charge in [0.2, 0.25) is 10.0 Å². The molecule has 1 heterocycles. The predicted molar refractivity (Wildman–Crippen MR) is 107 cm³/mol. The predicted octanol–water partition coefficient (Wildman–Crippen LogP) is 2.11. The van der Waals surface area contributed by atoms with Gasteiger partial charge < -0.3 is 14.8 Å². The van der Waals surface area contributed by atoms with Crippen LogP contribution in [-0.4, -0.2) is 45.9 Å². The van der Waals surface area contributed by atoms with Crippen molar-refractivity contribution in [1.29, 1.82) is 0 Å². The van der Waals surface area contributed by atoms with Gasteiger partial charge in [0.05, 0.1) is 24.5 Å². The SMILES string of the molecule is Cc1ccc(OC[C@H](C)NC(=O)[C@@H]2CN(S(C)(=O)=O)c3ccccc3O2)cc1. The number of nitrogens with zero attached hydrogens (tertiary/aromatic N) is 1. The van der Waals surface area contributed by atoms with Crippen molar-refractivity contribution in [2.24, 2.45) is 0 Å². The first kappa shape index (κ1) is 20.0. The summed E-state index contributed by atoms with van der Waals surface area (Å²) >= 11 is 0. The fraction of sp³-hybridized carbons (Fsp3) is 0.350. The number of fused-ring (bicyclic) bond motifs is 1. The largest absolute Gasteiger partial charge is 0.491 e. The quantitative estimate of drug-likeness (QED) is 0.797. The molecule has 0 spiro atoms. The number of hydrogen-bond donors (Lipinski definition) is 1. The van der Waals surface area contributed by atoms with E-state index < -0.39 is 16.1 Å². The molecule has 7 nitrogen and oxygen atoms in total. The van der Waals surface area contributed by atoms with Crippen LogP contribution in [-0.2, 0) is 14.8 Å². The summed E-state index contributed by atoms with van der Waals surface area (Å²) < 4.78 is 36.9. The van der Waals surface area contributed by atoms with Crippen LogP contribution in [0.5, 0.6) is 11.5 Å². The van der Waals surface area contributed by atoms with Crippen molar-refractivity contribution in [1.82, 2.24) is 5.32 Å². The maximum atomic E-state index is 12.6. The summed E-state index contributed by atoms with van der Waals surface area (Å²) in [6.45, 7) is 4.02. The van der Waals surface area contributed by atoms with Gasteiger partial charge in [-0.25, -0.2) is 8.42 Å². The molecule has 0 unspecified atom stereocenters. The summed E-state index contributed by atoms with van der Waals surface area (Å²) in [5.41, 5.74) is 1.57. The van der Waals surface area contributed by atoms with Gasteiger partial charge in [-0.05, 0) is 38.1 Å². The number of carbonyl (C=O) groups is 1. The number of nitrogens with one attached hydrogen (secondary N) is 1. The topological polar surface area (TPSA) is 84.9 Å². The van der Waals surface area contributed by atoms with Gasteiger partial charge in [-0.2, -0.15) is 0 Å². The van der Waals surface area contributed by atoms with Gasteiger partial charge in [-0.15, -0.1) is 0 Å². The fourth-order valence-corrected chi connectivity index (χ4v) is 3.80. The fourth-order valence-electron chi connectivity index (χ4n) is 2.89. The minimum atomic E-state index is -3.54. The molecule has 0 saturated heterocycles. The Balaban J connectivity index is 1.63. The lowest BCUT2D eigenvalue weighted by atomic mass is 10.2. The number of carbonyl (C=O) groups excluding carboxylic acids is 1. The highest BCUT2D eigenvalue weighted by Crippen LogP contribution is 2.34. The van der Waals surface area contributed by atoms with E-state index in [1.165, 1.54) is 4.31 Å². The van der Waals surface area contributed by atoms with E-state index in [-0.39, 0.29) is 25.1 Å². The van der Waals surface area contributed by atoms with Gasteiger partial charge in [0.15, 0.2) is 6.10 Å². The molecule has 0 aliphatic carbocycles. The van der Waals surface area contributed by atoms with Gasteiger partial charge in [0.1, 0.15) is 18.1 Å². The van der Waals surface area contributed by atoms with Crippen molar-refractivity contribution in [3.8, 4) is 11.5 Å². The third-order valence-corrected chi connectivity index (χ3v) is 5.48. The van der Waals surface area contributed by atoms with E-state index in [0.717, 1.165) is 17.6 Å². The van der Waals surface area contributed by atoms with Crippen LogP contribution in [0.1, 0.15) is 12.5 Å². The molecule has 28 heavy (non-hydrogen) atoms. The summed E-state index contributed by atoms with van der Waals surface area (Å²) in [4.78, 5) is 12.6. The van der Waals surface area contributed by atoms with Crippen LogP contribution in [0.3, 0.4) is 0 Å². The molecular formula is C20H24N2O5S. The maximum Gasteiger partial charge on any atom is 0.263 e. The maximum absolute atomic E-state index is 12.6. The lowest BCUT2D eigenvalue weighted by Crippen LogP contribution is -2.52. The second-order valence-corrected chi connectivity index (χ2v) is 8.81. The number of benzene rings is 2. The van der Waals surface area contributed by atoms with E-state index >= 15 is 0 Å². The normalized spacial score (nSPS) is 17.2. The third-order valence-electron chi connectivity index (χ3n) is 4.34. The molecule has 0 bridgehead atoms. The van der Waals surface area contributed by atoms with Crippen molar-refractivity contribution in [2.75, 3.05) is 23.7 Å². The Bertz CT molecular complexity index is 943. The number of amides is 1. The van der Waals surface area contributed by atoms with Crippen LogP contribution in [0.25, 0.3) is 0 Å². The Morgan fingerprint density at radius 3 is 2.61 bits per heavy atom. The van der Waals surface area contributed by atoms with Gasteiger partial charge in [-0.1, -0.05) is 29.8 Å². The summed E-state index contributed by atoms with van der Waals surface area (Å²) in [7, 11) is -3.54. The molecule has 1 amide bonds. The molecule has 1 aliphatic heterocycles. The van der Waals surface area contributed by atoms with Crippen LogP contribution in [0.2, 0.25) is 0 Å². The van der Waals surface area contributed by atoms with E-state index in [9.17, 15) is 13.2 Å². The lowest BCUT2D eigenvalue weighted by Gasteiger charge is -2.34. The molecule has 8 heteroatoms. The highest BCUT2D eigenvalue weighted by Gasteiger charge is 2.35. The Labute approximate surface area is 165 Å². The summed E-state index contributed by atoms with van der Waals surface area (Å²) in [5, 5.41) is 2.82. The standard InChI is InChI=1S/C20H24N2O5S/c1-14-8-10-16(11-9-14)26-13-15(2)21-20(23)19-12-22(28(3,24)25)17-6-4-5-7-18(17)27-19/h4-11,15,19H,12-13H2,1-3H3,(H,21,23)/t15-,19-/m0/s1. The first-order chi connectivity index (χ1) is 13.2. The van der Waals surface area contributed by atoms with Crippen LogP contribution >= 0.6 is 0 Å². The Hall–Kier alpha value is -2.74. The van der Waals surface area contributed by atoms with Crippen LogP contribution in [0.4, 0.5) is 5.69 Å². The molecule has 0 saturated carbocycles. The van der Waals surface area contributed by atoms with Crippen LogP contribution in [0, 0.1) is 6.92 Å². The molecule has 1 N–H and O–H groups in total. The number of ether oxygens (including phenoxy) is 2. The number of aryl methyl sites for hydroxylation is 1. The molecular weight excluding hydrogens is 380 g/mol. The average Bonchev–Trinajstić information content (AvgIpc) is 2.66. The van der Waals surface area contributed by atoms with Crippen molar-refractivity contribution in [3.05, 3.63) is 54.1 Å². The molecule has 0 radical (unpaired) electrons. The molecule has 2 atom stereocenters. The summed E-state index contributed by atoms with van der Waals surface area (Å²) in [6, 6.07) is 14.1. The van der Waals surface area contributed by atoms with E-state index in [1.807, 2.05) is 38.1 Å².